The molecule has 0 unspecified atom stereocenters. The minimum absolute atomic E-state index is 0.0347. The molecular weight excluding hydrogens is 360 g/mol. The molecule has 1 rings (SSSR count). The first-order valence-electron chi connectivity index (χ1n) is 5.01. The van der Waals surface area contributed by atoms with Gasteiger partial charge in [-0.2, -0.15) is 0 Å². The maximum absolute atomic E-state index is 13.2. The summed E-state index contributed by atoms with van der Waals surface area (Å²) in [5.41, 5.74) is 0.245. The van der Waals surface area contributed by atoms with Crippen LogP contribution < -0.4 is 4.72 Å². The number of halogens is 2. The van der Waals surface area contributed by atoms with Crippen LogP contribution in [0, 0.1) is 9.39 Å². The Bertz CT molecular complexity index is 478. The number of rotatable bonds is 6. The predicted octanol–water partition coefficient (Wildman–Crippen LogP) is 1.94. The number of nitrogens with one attached hydrogen (secondary N) is 1. The third-order valence-electron chi connectivity index (χ3n) is 2.04. The molecule has 0 amide bonds. The largest absolute Gasteiger partial charge is 0.396 e. The molecule has 96 valence electrons. The van der Waals surface area contributed by atoms with E-state index in [1.807, 2.05) is 0 Å². The average Bonchev–Trinajstić information content (AvgIpc) is 2.25. The summed E-state index contributed by atoms with van der Waals surface area (Å²) in [6.45, 7) is -0.0347. The van der Waals surface area contributed by atoms with Gasteiger partial charge in [0, 0.05) is 6.61 Å². The molecule has 0 aliphatic heterocycles. The van der Waals surface area contributed by atoms with Gasteiger partial charge >= 0.3 is 0 Å². The second kappa shape index (κ2) is 6.50. The average molecular weight is 373 g/mol. The maximum atomic E-state index is 13.2. The summed E-state index contributed by atoms with van der Waals surface area (Å²) in [5.74, 6) is -0.540. The van der Waals surface area contributed by atoms with Crippen LogP contribution in [0.15, 0.2) is 18.2 Å². The number of unbranched alkanes of at least 4 members (excludes halogenated alkanes) is 1. The summed E-state index contributed by atoms with van der Waals surface area (Å²) in [6, 6.07) is 4.23. The van der Waals surface area contributed by atoms with Crippen LogP contribution in [0.2, 0.25) is 0 Å². The molecular formula is C10H13FINO3S. The minimum Gasteiger partial charge on any atom is -0.396 e. The zero-order valence-corrected chi connectivity index (χ0v) is 12.0. The number of benzene rings is 1. The zero-order chi connectivity index (χ0) is 12.9. The van der Waals surface area contributed by atoms with Gasteiger partial charge in [0.25, 0.3) is 0 Å². The fourth-order valence-corrected chi connectivity index (χ4v) is 3.07. The van der Waals surface area contributed by atoms with Gasteiger partial charge in [-0.3, -0.25) is 4.72 Å². The highest BCUT2D eigenvalue weighted by Gasteiger charge is 2.13. The molecule has 2 N–H and O–H groups in total. The standard InChI is InChI=1S/C10H13FINO3S/c11-8-4-3-5-9(10(8)12)13-17(15,16)7-2-1-6-14/h3-5,13-14H,1-2,6-7H2. The van der Waals surface area contributed by atoms with Crippen LogP contribution in [-0.4, -0.2) is 25.9 Å². The first-order chi connectivity index (χ1) is 7.96. The minimum atomic E-state index is -3.48. The Morgan fingerprint density at radius 2 is 2.06 bits per heavy atom. The van der Waals surface area contributed by atoms with E-state index < -0.39 is 15.8 Å². The molecule has 0 atom stereocenters. The molecule has 4 nitrogen and oxygen atoms in total. The summed E-state index contributed by atoms with van der Waals surface area (Å²) in [4.78, 5) is 0. The Kier molecular flexibility index (Phi) is 5.60. The number of hydrogen-bond donors (Lipinski definition) is 2. The number of hydrogen-bond acceptors (Lipinski definition) is 3. The Morgan fingerprint density at radius 3 is 2.71 bits per heavy atom. The molecule has 0 spiro atoms. The van der Waals surface area contributed by atoms with Gasteiger partial charge in [0.15, 0.2) is 0 Å². The van der Waals surface area contributed by atoms with E-state index in [0.29, 0.717) is 12.8 Å². The van der Waals surface area contributed by atoms with Gasteiger partial charge in [-0.05, 0) is 47.6 Å². The highest BCUT2D eigenvalue weighted by molar-refractivity contribution is 14.1. The van der Waals surface area contributed by atoms with Gasteiger partial charge in [-0.25, -0.2) is 12.8 Å². The van der Waals surface area contributed by atoms with Crippen LogP contribution in [0.25, 0.3) is 0 Å². The van der Waals surface area contributed by atoms with Gasteiger partial charge in [0.2, 0.25) is 10.0 Å². The van der Waals surface area contributed by atoms with E-state index >= 15 is 0 Å². The van der Waals surface area contributed by atoms with Crippen molar-refractivity contribution in [1.82, 2.24) is 0 Å². The van der Waals surface area contributed by atoms with Crippen LogP contribution in [0.5, 0.6) is 0 Å². The summed E-state index contributed by atoms with van der Waals surface area (Å²) in [6.07, 6.45) is 0.804. The van der Waals surface area contributed by atoms with E-state index in [1.54, 1.807) is 22.6 Å². The van der Waals surface area contributed by atoms with Crippen molar-refractivity contribution in [3.63, 3.8) is 0 Å². The first kappa shape index (κ1) is 14.7. The van der Waals surface area contributed by atoms with Gasteiger partial charge in [-0.15, -0.1) is 0 Å². The SMILES string of the molecule is O=S(=O)(CCCCO)Nc1cccc(F)c1I. The smallest absolute Gasteiger partial charge is 0.232 e. The van der Waals surface area contributed by atoms with Crippen LogP contribution in [0.3, 0.4) is 0 Å². The van der Waals surface area contributed by atoms with E-state index in [2.05, 4.69) is 4.72 Å². The highest BCUT2D eigenvalue weighted by atomic mass is 127. The number of aliphatic hydroxyl groups excluding tert-OH is 1. The van der Waals surface area contributed by atoms with Gasteiger partial charge < -0.3 is 5.11 Å². The monoisotopic (exact) mass is 373 g/mol. The third-order valence-corrected chi connectivity index (χ3v) is 4.49. The third kappa shape index (κ3) is 4.76. The van der Waals surface area contributed by atoms with E-state index in [-0.39, 0.29) is 21.6 Å². The number of anilines is 1. The Hall–Kier alpha value is -0.410. The summed E-state index contributed by atoms with van der Waals surface area (Å²) < 4.78 is 39.0. The highest BCUT2D eigenvalue weighted by Crippen LogP contribution is 2.22. The summed E-state index contributed by atoms with van der Waals surface area (Å²) >= 11 is 1.75. The van der Waals surface area contributed by atoms with Crippen molar-refractivity contribution in [3.8, 4) is 0 Å². The lowest BCUT2D eigenvalue weighted by Gasteiger charge is -2.09. The molecule has 1 aromatic carbocycles. The van der Waals surface area contributed by atoms with E-state index in [1.165, 1.54) is 18.2 Å². The van der Waals surface area contributed by atoms with E-state index in [0.717, 1.165) is 0 Å². The van der Waals surface area contributed by atoms with Crippen molar-refractivity contribution in [2.75, 3.05) is 17.1 Å². The van der Waals surface area contributed by atoms with Crippen LogP contribution in [-0.2, 0) is 10.0 Å². The summed E-state index contributed by atoms with van der Waals surface area (Å²) in [5, 5.41) is 8.57. The quantitative estimate of drug-likeness (QED) is 0.592. The molecule has 1 aromatic rings. The van der Waals surface area contributed by atoms with Crippen molar-refractivity contribution in [1.29, 1.82) is 0 Å². The van der Waals surface area contributed by atoms with Crippen molar-refractivity contribution >= 4 is 38.3 Å². The van der Waals surface area contributed by atoms with Crippen LogP contribution in [0.4, 0.5) is 10.1 Å². The molecule has 7 heteroatoms. The molecule has 0 heterocycles. The van der Waals surface area contributed by atoms with E-state index in [9.17, 15) is 12.8 Å². The molecule has 0 fully saturated rings. The lowest BCUT2D eigenvalue weighted by Crippen LogP contribution is -2.17. The normalized spacial score (nSPS) is 11.5. The second-order valence-electron chi connectivity index (χ2n) is 3.45. The fraction of sp³-hybridized carbons (Fsp3) is 0.400. The number of sulfonamides is 1. The second-order valence-corrected chi connectivity index (χ2v) is 6.37. The Labute approximate surface area is 113 Å². The first-order valence-corrected chi connectivity index (χ1v) is 7.75. The zero-order valence-electron chi connectivity index (χ0n) is 8.99. The molecule has 0 radical (unpaired) electrons. The topological polar surface area (TPSA) is 66.4 Å². The van der Waals surface area contributed by atoms with Crippen molar-refractivity contribution in [2.24, 2.45) is 0 Å². The summed E-state index contributed by atoms with van der Waals surface area (Å²) in [7, 11) is -3.48. The molecule has 0 aliphatic carbocycles. The maximum Gasteiger partial charge on any atom is 0.232 e. The van der Waals surface area contributed by atoms with Crippen molar-refractivity contribution in [2.45, 2.75) is 12.8 Å². The lowest BCUT2D eigenvalue weighted by molar-refractivity contribution is 0.287. The van der Waals surface area contributed by atoms with E-state index in [4.69, 9.17) is 5.11 Å². The number of aliphatic hydroxyl groups is 1. The Morgan fingerprint density at radius 1 is 1.35 bits per heavy atom. The molecule has 0 aromatic heterocycles. The lowest BCUT2D eigenvalue weighted by atomic mass is 10.3. The molecule has 0 bridgehead atoms. The molecule has 0 saturated carbocycles. The van der Waals surface area contributed by atoms with Gasteiger partial charge in [0.1, 0.15) is 5.82 Å². The van der Waals surface area contributed by atoms with Crippen LogP contribution in [0.1, 0.15) is 12.8 Å². The van der Waals surface area contributed by atoms with Crippen molar-refractivity contribution < 1.29 is 17.9 Å². The van der Waals surface area contributed by atoms with Crippen LogP contribution >= 0.6 is 22.6 Å². The fourth-order valence-electron chi connectivity index (χ4n) is 1.21. The molecule has 0 aliphatic rings. The predicted molar refractivity (Wildman–Crippen MR) is 72.8 cm³/mol. The Balaban J connectivity index is 2.73. The van der Waals surface area contributed by atoms with Gasteiger partial charge in [-0.1, -0.05) is 6.07 Å². The van der Waals surface area contributed by atoms with Gasteiger partial charge in [0.05, 0.1) is 15.0 Å². The van der Waals surface area contributed by atoms with Crippen molar-refractivity contribution in [3.05, 3.63) is 27.6 Å². The molecule has 17 heavy (non-hydrogen) atoms. The molecule has 0 saturated heterocycles.